The second-order valence-corrected chi connectivity index (χ2v) is 10.9. The summed E-state index contributed by atoms with van der Waals surface area (Å²) in [5.74, 6) is 0.124. The smallest absolute Gasteiger partial charge is 0.188 e. The Kier molecular flexibility index (Phi) is 6.06. The minimum absolute atomic E-state index is 0.117. The maximum Gasteiger partial charge on any atom is 0.188 e. The van der Waals surface area contributed by atoms with Gasteiger partial charge in [-0.2, -0.15) is 0 Å². The summed E-state index contributed by atoms with van der Waals surface area (Å²) in [5, 5.41) is 19.3. The van der Waals surface area contributed by atoms with E-state index in [9.17, 15) is 5.11 Å². The number of hydrogen-bond acceptors (Lipinski definition) is 8. The van der Waals surface area contributed by atoms with Gasteiger partial charge in [0, 0.05) is 49.7 Å². The third-order valence-electron chi connectivity index (χ3n) is 5.09. The van der Waals surface area contributed by atoms with Gasteiger partial charge in [-0.3, -0.25) is 0 Å². The molecule has 1 fully saturated rings. The lowest BCUT2D eigenvalue weighted by molar-refractivity contribution is 0.373. The van der Waals surface area contributed by atoms with E-state index in [1.807, 2.05) is 13.2 Å². The number of fused-ring (bicyclic) bond motifs is 1. The fourth-order valence-corrected chi connectivity index (χ4v) is 6.20. The standard InChI is InChI=1S/C22H29N6OPS/c1-6-13(10-23-5)14-9-16(29)17(24-11-14)18-25-20-19(30-18)26-21(31-20)28-8-7-15(12-28)27-22(2,3)4/h6,9-11,15,23,27,29-30H,1,7-8,12H2,2-5H3/b13-10+. The van der Waals surface area contributed by atoms with Crippen LogP contribution in [0.25, 0.3) is 26.8 Å². The Balaban J connectivity index is 1.53. The van der Waals surface area contributed by atoms with Gasteiger partial charge >= 0.3 is 0 Å². The Morgan fingerprint density at radius 2 is 2.19 bits per heavy atom. The maximum absolute atomic E-state index is 10.6. The molecule has 0 saturated carbocycles. The Labute approximate surface area is 188 Å². The lowest BCUT2D eigenvalue weighted by atomic mass is 10.1. The third kappa shape index (κ3) is 4.76. The van der Waals surface area contributed by atoms with Crippen LogP contribution < -0.4 is 15.5 Å². The van der Waals surface area contributed by atoms with Crippen molar-refractivity contribution in [2.75, 3.05) is 25.0 Å². The number of nitrogens with zero attached hydrogens (tertiary/aromatic N) is 4. The van der Waals surface area contributed by atoms with Crippen molar-refractivity contribution in [1.82, 2.24) is 25.6 Å². The van der Waals surface area contributed by atoms with Crippen molar-refractivity contribution in [3.05, 3.63) is 36.7 Å². The van der Waals surface area contributed by atoms with Gasteiger partial charge in [0.25, 0.3) is 0 Å². The fourth-order valence-electron chi connectivity index (χ4n) is 3.82. The van der Waals surface area contributed by atoms with Crippen molar-refractivity contribution < 1.29 is 5.11 Å². The number of pyridine rings is 1. The van der Waals surface area contributed by atoms with Crippen LogP contribution in [0, 0.1) is 0 Å². The Morgan fingerprint density at radius 1 is 1.39 bits per heavy atom. The first-order valence-electron chi connectivity index (χ1n) is 10.4. The van der Waals surface area contributed by atoms with Crippen LogP contribution in [0.15, 0.2) is 31.1 Å². The van der Waals surface area contributed by atoms with Crippen LogP contribution in [0.4, 0.5) is 5.13 Å². The molecule has 0 aliphatic carbocycles. The molecule has 0 radical (unpaired) electrons. The molecular weight excluding hydrogens is 427 g/mol. The summed E-state index contributed by atoms with van der Waals surface area (Å²) in [6.45, 7) is 12.4. The first-order valence-corrected chi connectivity index (χ1v) is 12.2. The van der Waals surface area contributed by atoms with E-state index in [-0.39, 0.29) is 11.3 Å². The number of rotatable bonds is 6. The van der Waals surface area contributed by atoms with Gasteiger partial charge < -0.3 is 20.6 Å². The first-order chi connectivity index (χ1) is 14.8. The normalized spacial score (nSPS) is 17.7. The topological polar surface area (TPSA) is 86.2 Å². The Morgan fingerprint density at radius 3 is 2.84 bits per heavy atom. The molecule has 2 atom stereocenters. The van der Waals surface area contributed by atoms with E-state index in [0.29, 0.717) is 19.9 Å². The quantitative estimate of drug-likeness (QED) is 0.479. The molecule has 3 N–H and O–H groups in total. The van der Waals surface area contributed by atoms with E-state index in [1.165, 1.54) is 0 Å². The summed E-state index contributed by atoms with van der Waals surface area (Å²) in [6.07, 6.45) is 6.41. The number of anilines is 1. The van der Waals surface area contributed by atoms with Crippen LogP contribution in [0.2, 0.25) is 0 Å². The molecule has 4 heterocycles. The Bertz CT molecular complexity index is 1100. The number of hydrogen-bond donors (Lipinski definition) is 3. The van der Waals surface area contributed by atoms with Crippen LogP contribution in [-0.2, 0) is 0 Å². The molecule has 9 heteroatoms. The zero-order valence-corrected chi connectivity index (χ0v) is 20.2. The average Bonchev–Trinajstić information content (AvgIpc) is 3.39. The number of nitrogens with one attached hydrogen (secondary N) is 2. The molecule has 1 aliphatic heterocycles. The second-order valence-electron chi connectivity index (χ2n) is 8.75. The Hall–Kier alpha value is -2.41. The largest absolute Gasteiger partial charge is 0.506 e. The first kappa shape index (κ1) is 21.8. The van der Waals surface area contributed by atoms with Crippen LogP contribution in [0.5, 0.6) is 5.75 Å². The average molecular weight is 457 g/mol. The van der Waals surface area contributed by atoms with Gasteiger partial charge in [0.1, 0.15) is 26.9 Å². The van der Waals surface area contributed by atoms with E-state index >= 15 is 0 Å². The van der Waals surface area contributed by atoms with Crippen molar-refractivity contribution in [3.8, 4) is 16.9 Å². The van der Waals surface area contributed by atoms with Crippen LogP contribution >= 0.6 is 19.5 Å². The number of thiazole rings is 1. The van der Waals surface area contributed by atoms with E-state index in [4.69, 9.17) is 9.97 Å². The van der Waals surface area contributed by atoms with E-state index in [0.717, 1.165) is 51.3 Å². The highest BCUT2D eigenvalue weighted by atomic mass is 32.1. The zero-order chi connectivity index (χ0) is 22.2. The van der Waals surface area contributed by atoms with Gasteiger partial charge in [-0.05, 0) is 38.8 Å². The molecule has 3 aromatic rings. The van der Waals surface area contributed by atoms with Gasteiger partial charge in [-0.15, -0.1) is 0 Å². The van der Waals surface area contributed by atoms with Crippen LogP contribution in [-0.4, -0.2) is 51.8 Å². The SMILES string of the molecule is C=C/C(=C\NC)c1cnc(-c2nc3sc(N4CCC(NC(C)(C)C)C4)nc3[pH]2)c(O)c1. The molecule has 0 aromatic carbocycles. The van der Waals surface area contributed by atoms with Gasteiger partial charge in [0.15, 0.2) is 5.13 Å². The van der Waals surface area contributed by atoms with Crippen molar-refractivity contribution in [2.45, 2.75) is 38.8 Å². The number of aromatic hydroxyl groups is 1. The van der Waals surface area contributed by atoms with Crippen LogP contribution in [0.3, 0.4) is 0 Å². The summed E-state index contributed by atoms with van der Waals surface area (Å²) in [4.78, 5) is 17.4. The zero-order valence-electron chi connectivity index (χ0n) is 18.4. The highest BCUT2D eigenvalue weighted by Gasteiger charge is 2.28. The van der Waals surface area contributed by atoms with Gasteiger partial charge in [-0.1, -0.05) is 32.2 Å². The maximum atomic E-state index is 10.6. The molecule has 7 nitrogen and oxygen atoms in total. The van der Waals surface area contributed by atoms with E-state index < -0.39 is 0 Å². The molecule has 4 rings (SSSR count). The van der Waals surface area contributed by atoms with Crippen molar-refractivity contribution in [2.24, 2.45) is 0 Å². The van der Waals surface area contributed by atoms with Crippen molar-refractivity contribution >= 4 is 40.3 Å². The molecule has 2 unspecified atom stereocenters. The monoisotopic (exact) mass is 456 g/mol. The van der Waals surface area contributed by atoms with Gasteiger partial charge in [0.2, 0.25) is 0 Å². The lowest BCUT2D eigenvalue weighted by Crippen LogP contribution is -2.44. The molecule has 31 heavy (non-hydrogen) atoms. The summed E-state index contributed by atoms with van der Waals surface area (Å²) >= 11 is 1.63. The molecular formula is C22H29N6OPS. The summed E-state index contributed by atoms with van der Waals surface area (Å²) in [5.41, 5.74) is 3.09. The molecule has 0 spiro atoms. The summed E-state index contributed by atoms with van der Waals surface area (Å²) < 4.78 is 0. The second kappa shape index (κ2) is 8.61. The predicted molar refractivity (Wildman–Crippen MR) is 133 cm³/mol. The molecule has 164 valence electrons. The highest BCUT2D eigenvalue weighted by molar-refractivity contribution is 7.42. The third-order valence-corrected chi connectivity index (χ3v) is 7.45. The van der Waals surface area contributed by atoms with Crippen LogP contribution in [0.1, 0.15) is 32.8 Å². The van der Waals surface area contributed by atoms with Gasteiger partial charge in [-0.25, -0.2) is 15.0 Å². The molecule has 1 saturated heterocycles. The minimum Gasteiger partial charge on any atom is -0.506 e. The lowest BCUT2D eigenvalue weighted by Gasteiger charge is -2.25. The molecule has 1 aliphatic rings. The number of allylic oxidation sites excluding steroid dienone is 2. The van der Waals surface area contributed by atoms with Crippen molar-refractivity contribution in [1.29, 1.82) is 0 Å². The number of aromatic nitrogens is 3. The van der Waals surface area contributed by atoms with E-state index in [2.05, 4.69) is 47.9 Å². The van der Waals surface area contributed by atoms with E-state index in [1.54, 1.807) is 29.7 Å². The fraction of sp³-hybridized carbons (Fsp3) is 0.409. The summed E-state index contributed by atoms with van der Waals surface area (Å²) in [7, 11) is 2.12. The summed E-state index contributed by atoms with van der Waals surface area (Å²) in [6, 6.07) is 2.19. The predicted octanol–water partition coefficient (Wildman–Crippen LogP) is 4.20. The highest BCUT2D eigenvalue weighted by Crippen LogP contribution is 2.42. The minimum atomic E-state index is 0.117. The van der Waals surface area contributed by atoms with Gasteiger partial charge in [0.05, 0.1) is 0 Å². The molecule has 0 amide bonds. The molecule has 3 aromatic heterocycles. The molecule has 0 bridgehead atoms. The van der Waals surface area contributed by atoms with Crippen molar-refractivity contribution in [3.63, 3.8) is 0 Å².